The van der Waals surface area contributed by atoms with E-state index < -0.39 is 5.54 Å². The van der Waals surface area contributed by atoms with Crippen LogP contribution in [0.2, 0.25) is 0 Å². The van der Waals surface area contributed by atoms with Crippen LogP contribution in [0, 0.1) is 0 Å². The van der Waals surface area contributed by atoms with E-state index in [0.717, 1.165) is 18.4 Å². The standard InChI is InChI=1S/C15H24N2O/c1-5-6-12-7-9-13(10-8-12)15(4,14(16)18)17-11(2)3/h7-11,17H,5-6H2,1-4H3,(H2,16,18). The van der Waals surface area contributed by atoms with Gasteiger partial charge in [-0.25, -0.2) is 0 Å². The van der Waals surface area contributed by atoms with E-state index in [1.807, 2.05) is 32.9 Å². The number of primary amides is 1. The molecule has 0 aliphatic rings. The molecular formula is C15H24N2O. The highest BCUT2D eigenvalue weighted by atomic mass is 16.1. The fourth-order valence-corrected chi connectivity index (χ4v) is 2.17. The molecule has 0 saturated carbocycles. The van der Waals surface area contributed by atoms with Crippen molar-refractivity contribution >= 4 is 5.91 Å². The summed E-state index contributed by atoms with van der Waals surface area (Å²) in [5.74, 6) is -0.348. The van der Waals surface area contributed by atoms with E-state index in [0.29, 0.717) is 0 Å². The molecule has 0 aromatic heterocycles. The number of hydrogen-bond donors (Lipinski definition) is 2. The first-order valence-corrected chi connectivity index (χ1v) is 6.57. The number of benzene rings is 1. The van der Waals surface area contributed by atoms with Crippen LogP contribution in [0.25, 0.3) is 0 Å². The van der Waals surface area contributed by atoms with Crippen LogP contribution in [0.1, 0.15) is 45.2 Å². The van der Waals surface area contributed by atoms with Crippen molar-refractivity contribution in [1.82, 2.24) is 5.32 Å². The summed E-state index contributed by atoms with van der Waals surface area (Å²) in [6.45, 7) is 8.01. The average molecular weight is 248 g/mol. The number of rotatable bonds is 6. The monoisotopic (exact) mass is 248 g/mol. The number of aryl methyl sites for hydroxylation is 1. The Balaban J connectivity index is 3.03. The molecule has 3 N–H and O–H groups in total. The van der Waals surface area contributed by atoms with Crippen molar-refractivity contribution in [2.45, 2.75) is 52.1 Å². The largest absolute Gasteiger partial charge is 0.368 e. The third-order valence-corrected chi connectivity index (χ3v) is 3.14. The van der Waals surface area contributed by atoms with Crippen molar-refractivity contribution in [2.24, 2.45) is 5.73 Å². The summed E-state index contributed by atoms with van der Waals surface area (Å²) >= 11 is 0. The molecule has 3 nitrogen and oxygen atoms in total. The van der Waals surface area contributed by atoms with E-state index >= 15 is 0 Å². The molecule has 1 aromatic rings. The van der Waals surface area contributed by atoms with Gasteiger partial charge in [0.15, 0.2) is 0 Å². The number of nitrogens with two attached hydrogens (primary N) is 1. The molecule has 0 radical (unpaired) electrons. The zero-order valence-electron chi connectivity index (χ0n) is 11.8. The number of carbonyl (C=O) groups is 1. The topological polar surface area (TPSA) is 55.1 Å². The van der Waals surface area contributed by atoms with E-state index in [1.165, 1.54) is 5.56 Å². The second-order valence-electron chi connectivity index (χ2n) is 5.24. The zero-order valence-corrected chi connectivity index (χ0v) is 11.8. The van der Waals surface area contributed by atoms with Crippen LogP contribution in [0.5, 0.6) is 0 Å². The van der Waals surface area contributed by atoms with E-state index in [2.05, 4.69) is 24.4 Å². The predicted molar refractivity (Wildman–Crippen MR) is 75.3 cm³/mol. The molecule has 0 spiro atoms. The first-order chi connectivity index (χ1) is 8.40. The summed E-state index contributed by atoms with van der Waals surface area (Å²) in [4.78, 5) is 11.7. The normalized spacial score (nSPS) is 14.5. The number of carbonyl (C=O) groups excluding carboxylic acids is 1. The number of hydrogen-bond acceptors (Lipinski definition) is 2. The van der Waals surface area contributed by atoms with Gasteiger partial charge >= 0.3 is 0 Å². The number of nitrogens with one attached hydrogen (secondary N) is 1. The van der Waals surface area contributed by atoms with Crippen molar-refractivity contribution in [3.05, 3.63) is 35.4 Å². The molecule has 1 amide bonds. The molecular weight excluding hydrogens is 224 g/mol. The van der Waals surface area contributed by atoms with Gasteiger partial charge in [0, 0.05) is 6.04 Å². The molecule has 0 bridgehead atoms. The summed E-state index contributed by atoms with van der Waals surface area (Å²) in [5.41, 5.74) is 6.95. The first kappa shape index (κ1) is 14.7. The highest BCUT2D eigenvalue weighted by Crippen LogP contribution is 2.22. The lowest BCUT2D eigenvalue weighted by Gasteiger charge is -2.30. The van der Waals surface area contributed by atoms with Crippen LogP contribution in [0.4, 0.5) is 0 Å². The maximum absolute atomic E-state index is 11.7. The van der Waals surface area contributed by atoms with Crippen LogP contribution in [0.15, 0.2) is 24.3 Å². The third kappa shape index (κ3) is 3.33. The van der Waals surface area contributed by atoms with Gasteiger partial charge in [0.1, 0.15) is 5.54 Å². The lowest BCUT2D eigenvalue weighted by Crippen LogP contribution is -2.52. The molecule has 0 fully saturated rings. The number of amides is 1. The molecule has 1 aromatic carbocycles. The zero-order chi connectivity index (χ0) is 13.8. The van der Waals surface area contributed by atoms with Crippen molar-refractivity contribution in [3.63, 3.8) is 0 Å². The molecule has 0 heterocycles. The van der Waals surface area contributed by atoms with Gasteiger partial charge in [0.05, 0.1) is 0 Å². The second-order valence-corrected chi connectivity index (χ2v) is 5.24. The first-order valence-electron chi connectivity index (χ1n) is 6.57. The summed E-state index contributed by atoms with van der Waals surface area (Å²) in [7, 11) is 0. The smallest absolute Gasteiger partial charge is 0.242 e. The van der Waals surface area contributed by atoms with Crippen LogP contribution in [-0.4, -0.2) is 11.9 Å². The Labute approximate surface area is 110 Å². The SMILES string of the molecule is CCCc1ccc(C(C)(NC(C)C)C(N)=O)cc1. The molecule has 3 heteroatoms. The van der Waals surface area contributed by atoms with E-state index in [9.17, 15) is 4.79 Å². The second kappa shape index (κ2) is 6.01. The van der Waals surface area contributed by atoms with Crippen molar-refractivity contribution in [2.75, 3.05) is 0 Å². The Kier molecular flexibility index (Phi) is 4.91. The average Bonchev–Trinajstić information content (AvgIpc) is 2.29. The molecule has 1 atom stereocenters. The van der Waals surface area contributed by atoms with Crippen LogP contribution < -0.4 is 11.1 Å². The summed E-state index contributed by atoms with van der Waals surface area (Å²) in [6, 6.07) is 8.32. The quantitative estimate of drug-likeness (QED) is 0.812. The van der Waals surface area contributed by atoms with Gasteiger partial charge in [-0.3, -0.25) is 10.1 Å². The Hall–Kier alpha value is -1.35. The van der Waals surface area contributed by atoms with E-state index in [1.54, 1.807) is 0 Å². The van der Waals surface area contributed by atoms with Crippen LogP contribution in [0.3, 0.4) is 0 Å². The molecule has 1 rings (SSSR count). The molecule has 1 unspecified atom stereocenters. The Morgan fingerprint density at radius 3 is 2.28 bits per heavy atom. The fraction of sp³-hybridized carbons (Fsp3) is 0.533. The van der Waals surface area contributed by atoms with Gasteiger partial charge in [0.2, 0.25) is 5.91 Å². The molecule has 18 heavy (non-hydrogen) atoms. The minimum atomic E-state index is -0.807. The van der Waals surface area contributed by atoms with Crippen molar-refractivity contribution in [3.8, 4) is 0 Å². The minimum absolute atomic E-state index is 0.192. The lowest BCUT2D eigenvalue weighted by molar-refractivity contribution is -0.124. The third-order valence-electron chi connectivity index (χ3n) is 3.14. The Morgan fingerprint density at radius 1 is 1.33 bits per heavy atom. The lowest BCUT2D eigenvalue weighted by atomic mass is 9.89. The maximum Gasteiger partial charge on any atom is 0.242 e. The summed E-state index contributed by atoms with van der Waals surface area (Å²) < 4.78 is 0. The Morgan fingerprint density at radius 2 is 1.89 bits per heavy atom. The molecule has 0 saturated heterocycles. The fourth-order valence-electron chi connectivity index (χ4n) is 2.17. The van der Waals surface area contributed by atoms with Crippen molar-refractivity contribution < 1.29 is 4.79 Å². The van der Waals surface area contributed by atoms with E-state index in [4.69, 9.17) is 5.73 Å². The highest BCUT2D eigenvalue weighted by Gasteiger charge is 2.33. The van der Waals surface area contributed by atoms with Crippen LogP contribution >= 0.6 is 0 Å². The molecule has 0 aliphatic heterocycles. The Bertz CT molecular complexity index is 397. The van der Waals surface area contributed by atoms with Gasteiger partial charge in [-0.1, -0.05) is 37.6 Å². The van der Waals surface area contributed by atoms with Gasteiger partial charge in [-0.2, -0.15) is 0 Å². The maximum atomic E-state index is 11.7. The summed E-state index contributed by atoms with van der Waals surface area (Å²) in [5, 5.41) is 3.25. The van der Waals surface area contributed by atoms with Crippen LogP contribution in [-0.2, 0) is 16.8 Å². The van der Waals surface area contributed by atoms with Gasteiger partial charge < -0.3 is 5.73 Å². The minimum Gasteiger partial charge on any atom is -0.368 e. The van der Waals surface area contributed by atoms with Gasteiger partial charge in [-0.05, 0) is 38.3 Å². The van der Waals surface area contributed by atoms with Gasteiger partial charge in [-0.15, -0.1) is 0 Å². The van der Waals surface area contributed by atoms with E-state index in [-0.39, 0.29) is 11.9 Å². The van der Waals surface area contributed by atoms with Gasteiger partial charge in [0.25, 0.3) is 0 Å². The summed E-state index contributed by atoms with van der Waals surface area (Å²) in [6.07, 6.45) is 2.18. The predicted octanol–water partition coefficient (Wildman–Crippen LogP) is 2.34. The highest BCUT2D eigenvalue weighted by molar-refractivity contribution is 5.85. The molecule has 0 aliphatic carbocycles. The van der Waals surface area contributed by atoms with Crippen molar-refractivity contribution in [1.29, 1.82) is 0 Å². The molecule has 100 valence electrons.